The molecular formula is C19H20N2O. The number of piperidine rings is 1. The molecule has 22 heavy (non-hydrogen) atoms. The molecule has 0 aliphatic carbocycles. The monoisotopic (exact) mass is 292 g/mol. The molecular weight excluding hydrogens is 272 g/mol. The number of H-pyrrole nitrogens is 1. The van der Waals surface area contributed by atoms with Crippen LogP contribution < -0.4 is 5.32 Å². The molecule has 1 fully saturated rings. The molecule has 0 spiro atoms. The molecule has 112 valence electrons. The molecule has 3 N–H and O–H groups in total. The number of fused-ring (bicyclic) bond motifs is 1. The number of nitrogens with one attached hydrogen (secondary N) is 2. The minimum absolute atomic E-state index is 0.125. The van der Waals surface area contributed by atoms with Crippen molar-refractivity contribution < 1.29 is 5.11 Å². The van der Waals surface area contributed by atoms with Crippen LogP contribution >= 0.6 is 0 Å². The largest absolute Gasteiger partial charge is 0.392 e. The van der Waals surface area contributed by atoms with Gasteiger partial charge in [0.05, 0.1) is 11.8 Å². The summed E-state index contributed by atoms with van der Waals surface area (Å²) in [7, 11) is 0. The predicted octanol–water partition coefficient (Wildman–Crippen LogP) is 3.27. The lowest BCUT2D eigenvalue weighted by Gasteiger charge is -2.29. The second-order valence-electron chi connectivity index (χ2n) is 5.99. The molecule has 1 aliphatic rings. The second kappa shape index (κ2) is 5.59. The van der Waals surface area contributed by atoms with E-state index in [4.69, 9.17) is 0 Å². The number of benzene rings is 2. The lowest BCUT2D eigenvalue weighted by atomic mass is 9.86. The van der Waals surface area contributed by atoms with E-state index in [2.05, 4.69) is 52.8 Å². The van der Waals surface area contributed by atoms with Gasteiger partial charge >= 0.3 is 0 Å². The number of aliphatic hydroxyl groups excluding tert-OH is 1. The van der Waals surface area contributed by atoms with E-state index >= 15 is 0 Å². The molecule has 1 aromatic heterocycles. The third-order valence-corrected chi connectivity index (χ3v) is 4.63. The van der Waals surface area contributed by atoms with E-state index < -0.39 is 0 Å². The Morgan fingerprint density at radius 1 is 0.955 bits per heavy atom. The van der Waals surface area contributed by atoms with Gasteiger partial charge in [0.2, 0.25) is 0 Å². The number of hydrogen-bond acceptors (Lipinski definition) is 2. The first-order valence-corrected chi connectivity index (χ1v) is 7.89. The predicted molar refractivity (Wildman–Crippen MR) is 90.0 cm³/mol. The SMILES string of the molecule is OC1CCNCC1c1c(-c2ccccc2)[nH]c2ccccc12. The van der Waals surface area contributed by atoms with Crippen molar-refractivity contribution in [3.8, 4) is 11.3 Å². The number of hydrogen-bond donors (Lipinski definition) is 3. The van der Waals surface area contributed by atoms with Gasteiger partial charge in [0, 0.05) is 23.4 Å². The Labute approximate surface area is 130 Å². The first-order valence-electron chi connectivity index (χ1n) is 7.89. The van der Waals surface area contributed by atoms with Crippen LogP contribution in [0, 0.1) is 0 Å². The fraction of sp³-hybridized carbons (Fsp3) is 0.263. The molecule has 0 bridgehead atoms. The first kappa shape index (κ1) is 13.6. The zero-order valence-corrected chi connectivity index (χ0v) is 12.4. The Bertz CT molecular complexity index is 778. The first-order chi connectivity index (χ1) is 10.8. The summed E-state index contributed by atoms with van der Waals surface area (Å²) in [6, 6.07) is 18.8. The summed E-state index contributed by atoms with van der Waals surface area (Å²) in [4.78, 5) is 3.56. The van der Waals surface area contributed by atoms with Gasteiger partial charge in [-0.05, 0) is 30.2 Å². The van der Waals surface area contributed by atoms with Crippen molar-refractivity contribution in [3.63, 3.8) is 0 Å². The van der Waals surface area contributed by atoms with Gasteiger partial charge in [0.15, 0.2) is 0 Å². The van der Waals surface area contributed by atoms with Gasteiger partial charge in [-0.2, -0.15) is 0 Å². The summed E-state index contributed by atoms with van der Waals surface area (Å²) in [6.07, 6.45) is 0.515. The number of aromatic nitrogens is 1. The maximum absolute atomic E-state index is 10.5. The number of aromatic amines is 1. The maximum atomic E-state index is 10.5. The number of aliphatic hydroxyl groups is 1. The van der Waals surface area contributed by atoms with Gasteiger partial charge in [0.25, 0.3) is 0 Å². The quantitative estimate of drug-likeness (QED) is 0.679. The molecule has 3 heteroatoms. The minimum Gasteiger partial charge on any atom is -0.392 e. The molecule has 0 saturated carbocycles. The third kappa shape index (κ3) is 2.23. The fourth-order valence-corrected chi connectivity index (χ4v) is 3.52. The lowest BCUT2D eigenvalue weighted by molar-refractivity contribution is 0.115. The van der Waals surface area contributed by atoms with E-state index in [1.165, 1.54) is 16.5 Å². The molecule has 2 aromatic carbocycles. The highest BCUT2D eigenvalue weighted by Gasteiger charge is 2.29. The van der Waals surface area contributed by atoms with Crippen LogP contribution in [0.5, 0.6) is 0 Å². The molecule has 1 aliphatic heterocycles. The van der Waals surface area contributed by atoms with Gasteiger partial charge in [-0.1, -0.05) is 48.5 Å². The van der Waals surface area contributed by atoms with Crippen LogP contribution in [0.4, 0.5) is 0 Å². The van der Waals surface area contributed by atoms with Crippen LogP contribution in [0.2, 0.25) is 0 Å². The molecule has 2 atom stereocenters. The Kier molecular flexibility index (Phi) is 3.45. The van der Waals surface area contributed by atoms with Crippen molar-refractivity contribution in [1.82, 2.24) is 10.3 Å². The summed E-state index contributed by atoms with van der Waals surface area (Å²) in [5, 5.41) is 15.2. The molecule has 2 unspecified atom stereocenters. The van der Waals surface area contributed by atoms with Crippen LogP contribution in [0.15, 0.2) is 54.6 Å². The molecule has 3 aromatic rings. The fourth-order valence-electron chi connectivity index (χ4n) is 3.52. The van der Waals surface area contributed by atoms with Crippen LogP contribution in [0.1, 0.15) is 17.9 Å². The second-order valence-corrected chi connectivity index (χ2v) is 5.99. The Morgan fingerprint density at radius 2 is 1.73 bits per heavy atom. The van der Waals surface area contributed by atoms with Crippen molar-refractivity contribution >= 4 is 10.9 Å². The summed E-state index contributed by atoms with van der Waals surface area (Å²) in [5.41, 5.74) is 4.68. The topological polar surface area (TPSA) is 48.0 Å². The van der Waals surface area contributed by atoms with E-state index in [9.17, 15) is 5.11 Å². The van der Waals surface area contributed by atoms with Gasteiger partial charge < -0.3 is 15.4 Å². The highest BCUT2D eigenvalue weighted by Crippen LogP contribution is 2.38. The molecule has 0 radical (unpaired) electrons. The van der Waals surface area contributed by atoms with Crippen molar-refractivity contribution in [1.29, 1.82) is 0 Å². The summed E-state index contributed by atoms with van der Waals surface area (Å²) in [6.45, 7) is 1.71. The van der Waals surface area contributed by atoms with Crippen LogP contribution in [-0.4, -0.2) is 29.3 Å². The van der Waals surface area contributed by atoms with Gasteiger partial charge in [-0.15, -0.1) is 0 Å². The smallest absolute Gasteiger partial charge is 0.0634 e. The highest BCUT2D eigenvalue weighted by atomic mass is 16.3. The number of para-hydroxylation sites is 1. The standard InChI is InChI=1S/C19H20N2O/c22-17-10-11-20-12-15(17)18-14-8-4-5-9-16(14)21-19(18)13-6-2-1-3-7-13/h1-9,15,17,20-22H,10-12H2. The molecule has 3 nitrogen and oxygen atoms in total. The van der Waals surface area contributed by atoms with Crippen molar-refractivity contribution in [2.75, 3.05) is 13.1 Å². The zero-order valence-electron chi connectivity index (χ0n) is 12.4. The molecule has 0 amide bonds. The molecule has 1 saturated heterocycles. The van der Waals surface area contributed by atoms with Crippen LogP contribution in [0.25, 0.3) is 22.2 Å². The molecule has 2 heterocycles. The van der Waals surface area contributed by atoms with E-state index in [0.717, 1.165) is 30.7 Å². The summed E-state index contributed by atoms with van der Waals surface area (Å²) < 4.78 is 0. The van der Waals surface area contributed by atoms with Crippen LogP contribution in [-0.2, 0) is 0 Å². The van der Waals surface area contributed by atoms with Gasteiger partial charge in [-0.3, -0.25) is 0 Å². The van der Waals surface area contributed by atoms with E-state index in [1.807, 2.05) is 12.1 Å². The molecule has 4 rings (SSSR count). The third-order valence-electron chi connectivity index (χ3n) is 4.63. The van der Waals surface area contributed by atoms with Crippen molar-refractivity contribution in [2.24, 2.45) is 0 Å². The Hall–Kier alpha value is -2.10. The van der Waals surface area contributed by atoms with E-state index in [0.29, 0.717) is 0 Å². The summed E-state index contributed by atoms with van der Waals surface area (Å²) >= 11 is 0. The maximum Gasteiger partial charge on any atom is 0.0634 e. The minimum atomic E-state index is -0.289. The normalized spacial score (nSPS) is 22.0. The van der Waals surface area contributed by atoms with Gasteiger partial charge in [0.1, 0.15) is 0 Å². The van der Waals surface area contributed by atoms with Gasteiger partial charge in [-0.25, -0.2) is 0 Å². The number of rotatable bonds is 2. The Morgan fingerprint density at radius 3 is 2.55 bits per heavy atom. The van der Waals surface area contributed by atoms with E-state index in [1.54, 1.807) is 0 Å². The zero-order chi connectivity index (χ0) is 14.9. The van der Waals surface area contributed by atoms with Crippen molar-refractivity contribution in [3.05, 3.63) is 60.2 Å². The Balaban J connectivity index is 1.94. The average Bonchev–Trinajstić information content (AvgIpc) is 2.95. The van der Waals surface area contributed by atoms with Crippen molar-refractivity contribution in [2.45, 2.75) is 18.4 Å². The average molecular weight is 292 g/mol. The summed E-state index contributed by atoms with van der Waals surface area (Å²) in [5.74, 6) is 0.125. The highest BCUT2D eigenvalue weighted by molar-refractivity contribution is 5.91. The van der Waals surface area contributed by atoms with Crippen LogP contribution in [0.3, 0.4) is 0 Å². The lowest BCUT2D eigenvalue weighted by Crippen LogP contribution is -2.38. The van der Waals surface area contributed by atoms with E-state index in [-0.39, 0.29) is 12.0 Å².